The van der Waals surface area contributed by atoms with Crippen molar-refractivity contribution in [2.75, 3.05) is 36.4 Å². The number of carbonyl (C=O) groups excluding carboxylic acids is 2. The van der Waals surface area contributed by atoms with Crippen molar-refractivity contribution in [1.82, 2.24) is 19.8 Å². The molecule has 4 heterocycles. The minimum absolute atomic E-state index is 0.0836. The van der Waals surface area contributed by atoms with Crippen LogP contribution in [0.2, 0.25) is 0 Å². The third-order valence-electron chi connectivity index (χ3n) is 10.0. The molecule has 9 nitrogen and oxygen atoms in total. The Morgan fingerprint density at radius 3 is 2.37 bits per heavy atom. The Bertz CT molecular complexity index is 1480. The average Bonchev–Trinajstić information content (AvgIpc) is 3.70. The Hall–Kier alpha value is -3.98. The monoisotopic (exact) mass is 579 g/mol. The summed E-state index contributed by atoms with van der Waals surface area (Å²) in [6, 6.07) is 17.3. The van der Waals surface area contributed by atoms with Gasteiger partial charge in [-0.3, -0.25) is 9.59 Å². The van der Waals surface area contributed by atoms with Crippen molar-refractivity contribution in [3.05, 3.63) is 77.1 Å². The van der Waals surface area contributed by atoms with Gasteiger partial charge in [-0.05, 0) is 86.9 Å². The smallest absolute Gasteiger partial charge is 0.271 e. The summed E-state index contributed by atoms with van der Waals surface area (Å²) in [5.41, 5.74) is 9.91. The van der Waals surface area contributed by atoms with Gasteiger partial charge in [0.15, 0.2) is 11.5 Å². The molecule has 1 saturated carbocycles. The number of piperidine rings is 2. The summed E-state index contributed by atoms with van der Waals surface area (Å²) in [4.78, 5) is 41.5. The molecule has 3 N–H and O–H groups in total. The second-order valence-corrected chi connectivity index (χ2v) is 12.6. The number of hydrogen-bond donors (Lipinski definition) is 2. The predicted molar refractivity (Wildman–Crippen MR) is 168 cm³/mol. The highest BCUT2D eigenvalue weighted by Gasteiger charge is 2.35. The number of carbonyl (C=O) groups is 2. The van der Waals surface area contributed by atoms with Gasteiger partial charge in [0.05, 0.1) is 6.20 Å². The topological polar surface area (TPSA) is 108 Å². The summed E-state index contributed by atoms with van der Waals surface area (Å²) in [6.45, 7) is 4.50. The summed E-state index contributed by atoms with van der Waals surface area (Å²) >= 11 is 0. The van der Waals surface area contributed by atoms with Crippen molar-refractivity contribution in [3.63, 3.8) is 0 Å². The number of rotatable bonds is 7. The first-order chi connectivity index (χ1) is 21.0. The van der Waals surface area contributed by atoms with E-state index < -0.39 is 5.91 Å². The maximum Gasteiger partial charge on any atom is 0.271 e. The van der Waals surface area contributed by atoms with E-state index in [0.29, 0.717) is 30.6 Å². The summed E-state index contributed by atoms with van der Waals surface area (Å²) in [7, 11) is 0. The molecule has 1 atom stereocenters. The first-order valence-electron chi connectivity index (χ1n) is 15.9. The maximum absolute atomic E-state index is 13.1. The molecule has 7 rings (SSSR count). The van der Waals surface area contributed by atoms with Crippen LogP contribution in [0.25, 0.3) is 0 Å². The van der Waals surface area contributed by atoms with E-state index in [1.165, 1.54) is 57.2 Å². The fourth-order valence-corrected chi connectivity index (χ4v) is 7.63. The van der Waals surface area contributed by atoms with Crippen LogP contribution in [0.4, 0.5) is 17.3 Å². The molecule has 0 spiro atoms. The molecule has 0 radical (unpaired) electrons. The first-order valence-corrected chi connectivity index (χ1v) is 15.9. The van der Waals surface area contributed by atoms with Crippen molar-refractivity contribution < 1.29 is 9.59 Å². The van der Waals surface area contributed by atoms with Crippen LogP contribution in [0.3, 0.4) is 0 Å². The molecule has 1 aliphatic carbocycles. The zero-order valence-electron chi connectivity index (χ0n) is 24.8. The molecule has 2 aromatic carbocycles. The molecular weight excluding hydrogens is 538 g/mol. The number of fused-ring (bicyclic) bond motifs is 1. The highest BCUT2D eigenvalue weighted by molar-refractivity contribution is 5.98. The van der Waals surface area contributed by atoms with Gasteiger partial charge < -0.3 is 25.8 Å². The fraction of sp³-hybridized carbons (Fsp3) is 0.471. The number of hydrogen-bond acceptors (Lipinski definition) is 7. The fourth-order valence-electron chi connectivity index (χ4n) is 7.63. The van der Waals surface area contributed by atoms with Crippen LogP contribution in [0.1, 0.15) is 89.3 Å². The van der Waals surface area contributed by atoms with E-state index in [0.717, 1.165) is 42.2 Å². The minimum Gasteiger partial charge on any atom is -0.364 e. The van der Waals surface area contributed by atoms with Gasteiger partial charge >= 0.3 is 0 Å². The van der Waals surface area contributed by atoms with Gasteiger partial charge in [-0.25, -0.2) is 9.97 Å². The molecule has 3 fully saturated rings. The molecule has 3 aromatic rings. The molecule has 1 unspecified atom stereocenters. The average molecular weight is 580 g/mol. The van der Waals surface area contributed by atoms with Crippen molar-refractivity contribution in [3.8, 4) is 0 Å². The van der Waals surface area contributed by atoms with E-state index >= 15 is 0 Å². The van der Waals surface area contributed by atoms with Gasteiger partial charge in [0.2, 0.25) is 0 Å². The second kappa shape index (κ2) is 12.0. The van der Waals surface area contributed by atoms with E-state index in [4.69, 9.17) is 10.7 Å². The number of amides is 2. The Kier molecular flexibility index (Phi) is 7.74. The number of benzene rings is 2. The number of nitrogens with one attached hydrogen (secondary N) is 1. The lowest BCUT2D eigenvalue weighted by Gasteiger charge is -2.38. The van der Waals surface area contributed by atoms with E-state index in [2.05, 4.69) is 44.4 Å². The molecule has 2 saturated heterocycles. The van der Waals surface area contributed by atoms with Crippen LogP contribution < -0.4 is 16.0 Å². The van der Waals surface area contributed by atoms with Crippen LogP contribution in [0.5, 0.6) is 0 Å². The van der Waals surface area contributed by atoms with Gasteiger partial charge in [0, 0.05) is 43.0 Å². The maximum atomic E-state index is 13.1. The second-order valence-electron chi connectivity index (χ2n) is 12.6. The third kappa shape index (κ3) is 5.70. The van der Waals surface area contributed by atoms with Crippen LogP contribution in [-0.2, 0) is 6.54 Å². The zero-order chi connectivity index (χ0) is 29.3. The van der Waals surface area contributed by atoms with E-state index in [1.54, 1.807) is 6.20 Å². The lowest BCUT2D eigenvalue weighted by molar-refractivity contribution is 0.0685. The standard InChI is InChI=1S/C34H41N7O2/c35-32(42)31-33(37-26-13-11-23(12-14-26)24-15-18-39(19-16-24)27-7-2-3-8-27)38-30(20-36-31)40-17-5-9-28(22-40)41-21-25-6-1-4-10-29(25)34(41)43/h1,4,6,10-14,20,24,27-28H,2-3,5,7-9,15-19,21-22H2,(H2,35,42)(H,37,38). The van der Waals surface area contributed by atoms with Crippen LogP contribution in [0.15, 0.2) is 54.7 Å². The number of aromatic nitrogens is 2. The van der Waals surface area contributed by atoms with E-state index in [-0.39, 0.29) is 17.6 Å². The van der Waals surface area contributed by atoms with Crippen LogP contribution in [0, 0.1) is 0 Å². The van der Waals surface area contributed by atoms with Gasteiger partial charge in [-0.2, -0.15) is 0 Å². The molecule has 0 bridgehead atoms. The highest BCUT2D eigenvalue weighted by atomic mass is 16.2. The van der Waals surface area contributed by atoms with Crippen molar-refractivity contribution in [2.24, 2.45) is 5.73 Å². The normalized spacial score (nSPS) is 21.8. The summed E-state index contributed by atoms with van der Waals surface area (Å²) < 4.78 is 0. The van der Waals surface area contributed by atoms with Crippen molar-refractivity contribution in [1.29, 1.82) is 0 Å². The third-order valence-corrected chi connectivity index (χ3v) is 10.0. The quantitative estimate of drug-likeness (QED) is 0.403. The van der Waals surface area contributed by atoms with E-state index in [9.17, 15) is 9.59 Å². The van der Waals surface area contributed by atoms with Gasteiger partial charge in [-0.1, -0.05) is 43.2 Å². The number of nitrogens with zero attached hydrogens (tertiary/aromatic N) is 5. The summed E-state index contributed by atoms with van der Waals surface area (Å²) in [5.74, 6) is 1.09. The SMILES string of the molecule is NC(=O)c1ncc(N2CCCC(N3Cc4ccccc4C3=O)C2)nc1Nc1ccc(C2CCN(C3CCCC3)CC2)cc1. The lowest BCUT2D eigenvalue weighted by atomic mass is 9.88. The Labute approximate surface area is 253 Å². The predicted octanol–water partition coefficient (Wildman–Crippen LogP) is 5.07. The molecule has 3 aliphatic heterocycles. The van der Waals surface area contributed by atoms with Crippen LogP contribution >= 0.6 is 0 Å². The van der Waals surface area contributed by atoms with Gasteiger partial charge in [-0.15, -0.1) is 0 Å². The molecule has 43 heavy (non-hydrogen) atoms. The van der Waals surface area contributed by atoms with Crippen LogP contribution in [-0.4, -0.2) is 69.8 Å². The summed E-state index contributed by atoms with van der Waals surface area (Å²) in [6.07, 6.45) is 11.4. The molecule has 224 valence electrons. The lowest BCUT2D eigenvalue weighted by Crippen LogP contribution is -2.48. The summed E-state index contributed by atoms with van der Waals surface area (Å²) in [5, 5.41) is 3.32. The molecule has 1 aromatic heterocycles. The van der Waals surface area contributed by atoms with E-state index in [1.807, 2.05) is 29.2 Å². The van der Waals surface area contributed by atoms with Crippen molar-refractivity contribution in [2.45, 2.75) is 75.9 Å². The first kappa shape index (κ1) is 27.8. The Balaban J connectivity index is 1.03. The molecule has 4 aliphatic rings. The molecule has 2 amide bonds. The Morgan fingerprint density at radius 1 is 0.884 bits per heavy atom. The Morgan fingerprint density at radius 2 is 1.63 bits per heavy atom. The number of primary amides is 1. The zero-order valence-corrected chi connectivity index (χ0v) is 24.8. The van der Waals surface area contributed by atoms with Crippen molar-refractivity contribution >= 4 is 29.1 Å². The highest BCUT2D eigenvalue weighted by Crippen LogP contribution is 2.34. The van der Waals surface area contributed by atoms with Gasteiger partial charge in [0.25, 0.3) is 11.8 Å². The van der Waals surface area contributed by atoms with Gasteiger partial charge in [0.1, 0.15) is 5.82 Å². The number of nitrogens with two attached hydrogens (primary N) is 1. The molecule has 9 heteroatoms. The largest absolute Gasteiger partial charge is 0.364 e. The number of likely N-dealkylation sites (tertiary alicyclic amines) is 1. The molecular formula is C34H41N7O2. The number of anilines is 3. The minimum atomic E-state index is -0.621.